The Morgan fingerprint density at radius 1 is 1.25 bits per heavy atom. The molecule has 1 N–H and O–H groups in total. The fourth-order valence-electron chi connectivity index (χ4n) is 1.71. The molecule has 0 bridgehead atoms. The van der Waals surface area contributed by atoms with Gasteiger partial charge in [-0.3, -0.25) is 14.5 Å². The molecule has 0 radical (unpaired) electrons. The highest BCUT2D eigenvalue weighted by molar-refractivity contribution is 5.92. The van der Waals surface area contributed by atoms with Crippen LogP contribution in [0.2, 0.25) is 0 Å². The predicted octanol–water partition coefficient (Wildman–Crippen LogP) is 1.65. The van der Waals surface area contributed by atoms with Gasteiger partial charge in [0.2, 0.25) is 5.91 Å². The first kappa shape index (κ1) is 16.1. The maximum atomic E-state index is 12.7. The van der Waals surface area contributed by atoms with E-state index in [2.05, 4.69) is 10.1 Å². The van der Waals surface area contributed by atoms with Crippen LogP contribution in [0.5, 0.6) is 0 Å². The zero-order valence-corrected chi connectivity index (χ0v) is 11.7. The van der Waals surface area contributed by atoms with Crippen LogP contribution < -0.4 is 5.32 Å². The molecule has 5 nitrogen and oxygen atoms in total. The van der Waals surface area contributed by atoms with E-state index in [1.807, 2.05) is 6.92 Å². The molecule has 1 amide bonds. The average Bonchev–Trinajstić information content (AvgIpc) is 2.41. The van der Waals surface area contributed by atoms with Gasteiger partial charge in [0.05, 0.1) is 20.2 Å². The van der Waals surface area contributed by atoms with Crippen LogP contribution in [-0.4, -0.2) is 43.5 Å². The summed E-state index contributed by atoms with van der Waals surface area (Å²) in [5.74, 6) is -0.997. The van der Waals surface area contributed by atoms with Crippen molar-refractivity contribution < 1.29 is 18.7 Å². The number of benzene rings is 1. The highest BCUT2D eigenvalue weighted by atomic mass is 19.1. The molecule has 0 fully saturated rings. The molecule has 0 aromatic heterocycles. The molecule has 0 spiro atoms. The third-order valence-corrected chi connectivity index (χ3v) is 2.62. The number of nitrogens with one attached hydrogen (secondary N) is 1. The Kier molecular flexibility index (Phi) is 6.66. The standard InChI is InChI=1S/C14H19FN2O3/c1-3-8-17(10-14(19)20-2)9-13(18)16-12-6-4-11(15)5-7-12/h4-7H,3,8-10H2,1-2H3,(H,16,18). The van der Waals surface area contributed by atoms with Crippen molar-refractivity contribution >= 4 is 17.6 Å². The fourth-order valence-corrected chi connectivity index (χ4v) is 1.71. The van der Waals surface area contributed by atoms with Gasteiger partial charge in [-0.15, -0.1) is 0 Å². The summed E-state index contributed by atoms with van der Waals surface area (Å²) >= 11 is 0. The topological polar surface area (TPSA) is 58.6 Å². The summed E-state index contributed by atoms with van der Waals surface area (Å²) in [5, 5.41) is 2.65. The van der Waals surface area contributed by atoms with Gasteiger partial charge >= 0.3 is 5.97 Å². The molecule has 0 atom stereocenters. The molecule has 110 valence electrons. The lowest BCUT2D eigenvalue weighted by molar-refractivity contribution is -0.142. The number of methoxy groups -OCH3 is 1. The van der Waals surface area contributed by atoms with Gasteiger partial charge in [-0.05, 0) is 37.2 Å². The van der Waals surface area contributed by atoms with E-state index in [0.29, 0.717) is 12.2 Å². The molecular formula is C14H19FN2O3. The van der Waals surface area contributed by atoms with E-state index in [0.717, 1.165) is 6.42 Å². The summed E-state index contributed by atoms with van der Waals surface area (Å²) in [7, 11) is 1.31. The molecule has 20 heavy (non-hydrogen) atoms. The summed E-state index contributed by atoms with van der Waals surface area (Å²) in [5.41, 5.74) is 0.519. The molecule has 1 rings (SSSR count). The predicted molar refractivity (Wildman–Crippen MR) is 73.8 cm³/mol. The van der Waals surface area contributed by atoms with E-state index in [1.165, 1.54) is 31.4 Å². The van der Waals surface area contributed by atoms with Gasteiger partial charge in [0.15, 0.2) is 0 Å². The molecule has 0 heterocycles. The van der Waals surface area contributed by atoms with Crippen LogP contribution in [0.1, 0.15) is 13.3 Å². The third-order valence-electron chi connectivity index (χ3n) is 2.62. The number of carbonyl (C=O) groups excluding carboxylic acids is 2. The number of esters is 1. The number of hydrogen-bond acceptors (Lipinski definition) is 4. The molecule has 0 aliphatic rings. The van der Waals surface area contributed by atoms with Crippen LogP contribution in [0.15, 0.2) is 24.3 Å². The Morgan fingerprint density at radius 2 is 1.90 bits per heavy atom. The first-order chi connectivity index (χ1) is 9.55. The minimum absolute atomic E-state index is 0.0706. The molecular weight excluding hydrogens is 263 g/mol. The lowest BCUT2D eigenvalue weighted by atomic mass is 10.3. The molecule has 6 heteroatoms. The van der Waals surface area contributed by atoms with Crippen molar-refractivity contribution in [2.45, 2.75) is 13.3 Å². The molecule has 1 aromatic carbocycles. The highest BCUT2D eigenvalue weighted by Crippen LogP contribution is 2.08. The van der Waals surface area contributed by atoms with E-state index < -0.39 is 0 Å². The van der Waals surface area contributed by atoms with Gasteiger partial charge in [0.25, 0.3) is 0 Å². The molecule has 0 unspecified atom stereocenters. The zero-order valence-electron chi connectivity index (χ0n) is 11.7. The van der Waals surface area contributed by atoms with Crippen LogP contribution in [0.25, 0.3) is 0 Å². The Labute approximate surface area is 117 Å². The monoisotopic (exact) mass is 282 g/mol. The normalized spacial score (nSPS) is 10.4. The van der Waals surface area contributed by atoms with Crippen molar-refractivity contribution in [3.63, 3.8) is 0 Å². The van der Waals surface area contributed by atoms with Crippen molar-refractivity contribution in [3.05, 3.63) is 30.1 Å². The van der Waals surface area contributed by atoms with Gasteiger partial charge in [-0.25, -0.2) is 4.39 Å². The van der Waals surface area contributed by atoms with Gasteiger partial charge < -0.3 is 10.1 Å². The number of halogens is 1. The zero-order chi connectivity index (χ0) is 15.0. The summed E-state index contributed by atoms with van der Waals surface area (Å²) < 4.78 is 17.3. The lowest BCUT2D eigenvalue weighted by Crippen LogP contribution is -2.37. The Morgan fingerprint density at radius 3 is 2.45 bits per heavy atom. The largest absolute Gasteiger partial charge is 0.468 e. The Balaban J connectivity index is 2.52. The van der Waals surface area contributed by atoms with Gasteiger partial charge in [0.1, 0.15) is 5.82 Å². The third kappa shape index (κ3) is 5.79. The number of carbonyl (C=O) groups is 2. The Bertz CT molecular complexity index is 448. The number of ether oxygens (including phenoxy) is 1. The second-order valence-electron chi connectivity index (χ2n) is 4.34. The first-order valence-electron chi connectivity index (χ1n) is 6.39. The van der Waals surface area contributed by atoms with Gasteiger partial charge in [-0.1, -0.05) is 6.92 Å². The minimum atomic E-state index is -0.381. The minimum Gasteiger partial charge on any atom is -0.468 e. The summed E-state index contributed by atoms with van der Waals surface area (Å²) in [6, 6.07) is 5.51. The van der Waals surface area contributed by atoms with Gasteiger partial charge in [0, 0.05) is 5.69 Å². The maximum Gasteiger partial charge on any atom is 0.319 e. The van der Waals surface area contributed by atoms with Gasteiger partial charge in [-0.2, -0.15) is 0 Å². The molecule has 0 saturated heterocycles. The number of hydrogen-bond donors (Lipinski definition) is 1. The van der Waals surface area contributed by atoms with Crippen LogP contribution in [-0.2, 0) is 14.3 Å². The molecule has 0 saturated carbocycles. The maximum absolute atomic E-state index is 12.7. The lowest BCUT2D eigenvalue weighted by Gasteiger charge is -2.19. The van der Waals surface area contributed by atoms with Crippen LogP contribution in [0, 0.1) is 5.82 Å². The van der Waals surface area contributed by atoms with E-state index in [-0.39, 0.29) is 30.8 Å². The van der Waals surface area contributed by atoms with E-state index in [1.54, 1.807) is 4.90 Å². The molecule has 1 aromatic rings. The van der Waals surface area contributed by atoms with Crippen molar-refractivity contribution in [2.75, 3.05) is 32.1 Å². The smallest absolute Gasteiger partial charge is 0.319 e. The van der Waals surface area contributed by atoms with Crippen LogP contribution in [0.3, 0.4) is 0 Å². The van der Waals surface area contributed by atoms with E-state index >= 15 is 0 Å². The summed E-state index contributed by atoms with van der Waals surface area (Å²) in [6.45, 7) is 2.73. The van der Waals surface area contributed by atoms with Crippen molar-refractivity contribution in [3.8, 4) is 0 Å². The van der Waals surface area contributed by atoms with Crippen molar-refractivity contribution in [1.82, 2.24) is 4.90 Å². The molecule has 0 aliphatic heterocycles. The van der Waals surface area contributed by atoms with Crippen LogP contribution >= 0.6 is 0 Å². The fraction of sp³-hybridized carbons (Fsp3) is 0.429. The average molecular weight is 282 g/mol. The Hall–Kier alpha value is -1.95. The number of anilines is 1. The molecule has 0 aliphatic carbocycles. The van der Waals surface area contributed by atoms with Crippen LogP contribution in [0.4, 0.5) is 10.1 Å². The summed E-state index contributed by atoms with van der Waals surface area (Å²) in [4.78, 5) is 24.8. The number of amides is 1. The first-order valence-corrected chi connectivity index (χ1v) is 6.39. The number of nitrogens with zero attached hydrogens (tertiary/aromatic N) is 1. The van der Waals surface area contributed by atoms with Crippen molar-refractivity contribution in [2.24, 2.45) is 0 Å². The SMILES string of the molecule is CCCN(CC(=O)Nc1ccc(F)cc1)CC(=O)OC. The van der Waals surface area contributed by atoms with E-state index in [9.17, 15) is 14.0 Å². The number of rotatable bonds is 7. The second-order valence-corrected chi connectivity index (χ2v) is 4.34. The summed E-state index contributed by atoms with van der Waals surface area (Å²) in [6.07, 6.45) is 0.820. The quantitative estimate of drug-likeness (QED) is 0.773. The highest BCUT2D eigenvalue weighted by Gasteiger charge is 2.14. The van der Waals surface area contributed by atoms with E-state index in [4.69, 9.17) is 0 Å². The second kappa shape index (κ2) is 8.27. The van der Waals surface area contributed by atoms with Crippen molar-refractivity contribution in [1.29, 1.82) is 0 Å².